The molecule has 2 saturated heterocycles. The lowest BCUT2D eigenvalue weighted by Gasteiger charge is -2.45. The molecule has 2 aliphatic rings. The molecule has 2 heterocycles. The van der Waals surface area contributed by atoms with Crippen molar-refractivity contribution in [3.8, 4) is 0 Å². The van der Waals surface area contributed by atoms with Crippen LogP contribution < -0.4 is 0 Å². The van der Waals surface area contributed by atoms with Gasteiger partial charge in [0.1, 0.15) is 0 Å². The molecule has 2 bridgehead atoms. The quantitative estimate of drug-likeness (QED) is 0.661. The summed E-state index contributed by atoms with van der Waals surface area (Å²) < 4.78 is 0. The van der Waals surface area contributed by atoms with E-state index in [1.165, 1.54) is 19.5 Å². The van der Waals surface area contributed by atoms with Gasteiger partial charge in [0.25, 0.3) is 0 Å². The van der Waals surface area contributed by atoms with Crippen molar-refractivity contribution in [2.45, 2.75) is 31.8 Å². The Hall–Kier alpha value is -0.120. The Bertz CT molecular complexity index is 193. The van der Waals surface area contributed by atoms with E-state index in [-0.39, 0.29) is 0 Å². The zero-order valence-corrected chi connectivity index (χ0v) is 8.66. The molecular weight excluding hydrogens is 164 g/mol. The van der Waals surface area contributed by atoms with Crippen molar-refractivity contribution in [1.82, 2.24) is 9.80 Å². The van der Waals surface area contributed by atoms with Crippen LogP contribution in [0, 0.1) is 0 Å². The maximum Gasteiger partial charge on any atom is 0.0558 e. The Kier molecular flexibility index (Phi) is 2.34. The third kappa shape index (κ3) is 1.60. The van der Waals surface area contributed by atoms with E-state index in [0.717, 1.165) is 13.1 Å². The molecule has 3 nitrogen and oxygen atoms in total. The highest BCUT2D eigenvalue weighted by Crippen LogP contribution is 2.30. The lowest BCUT2D eigenvalue weighted by Crippen LogP contribution is -2.58. The van der Waals surface area contributed by atoms with Gasteiger partial charge < -0.3 is 5.11 Å². The first-order chi connectivity index (χ1) is 6.13. The number of β-amino-alcohol motifs (C(OH)–C–C–N with tert-alkyl or cyclic N) is 1. The third-order valence-electron chi connectivity index (χ3n) is 3.51. The van der Waals surface area contributed by atoms with Crippen LogP contribution in [0.5, 0.6) is 0 Å². The van der Waals surface area contributed by atoms with Gasteiger partial charge in [0.05, 0.1) is 6.61 Å². The zero-order valence-electron chi connectivity index (χ0n) is 8.66. The molecule has 0 spiro atoms. The smallest absolute Gasteiger partial charge is 0.0558 e. The summed E-state index contributed by atoms with van der Waals surface area (Å²) in [6, 6.07) is 0.708. The number of hydrogen-bond acceptors (Lipinski definition) is 3. The summed E-state index contributed by atoms with van der Waals surface area (Å²) in [6.45, 7) is 9.30. The van der Waals surface area contributed by atoms with Crippen LogP contribution in [-0.2, 0) is 0 Å². The Labute approximate surface area is 80.3 Å². The predicted octanol–water partition coefficient (Wildman–Crippen LogP) is 0.147. The summed E-state index contributed by atoms with van der Waals surface area (Å²) in [5.74, 6) is 0. The maximum absolute atomic E-state index is 8.96. The van der Waals surface area contributed by atoms with Gasteiger partial charge in [-0.3, -0.25) is 9.80 Å². The van der Waals surface area contributed by atoms with Gasteiger partial charge in [-0.25, -0.2) is 0 Å². The molecule has 2 aliphatic heterocycles. The van der Waals surface area contributed by atoms with Crippen molar-refractivity contribution < 1.29 is 5.11 Å². The van der Waals surface area contributed by atoms with Gasteiger partial charge in [-0.15, -0.1) is 0 Å². The van der Waals surface area contributed by atoms with Gasteiger partial charge in [-0.1, -0.05) is 0 Å². The van der Waals surface area contributed by atoms with Crippen molar-refractivity contribution >= 4 is 0 Å². The number of fused-ring (bicyclic) bond motifs is 2. The average molecular weight is 184 g/mol. The molecule has 0 amide bonds. The molecule has 0 aliphatic carbocycles. The summed E-state index contributed by atoms with van der Waals surface area (Å²) in [5, 5.41) is 8.96. The molecule has 2 unspecified atom stereocenters. The Morgan fingerprint density at radius 3 is 2.92 bits per heavy atom. The van der Waals surface area contributed by atoms with E-state index in [9.17, 15) is 0 Å². The van der Waals surface area contributed by atoms with Crippen molar-refractivity contribution in [1.29, 1.82) is 0 Å². The normalized spacial score (nSPS) is 38.1. The number of hydrogen-bond donors (Lipinski definition) is 1. The first-order valence-electron chi connectivity index (χ1n) is 5.23. The highest BCUT2D eigenvalue weighted by Gasteiger charge is 2.42. The van der Waals surface area contributed by atoms with E-state index in [4.69, 9.17) is 5.11 Å². The molecule has 76 valence electrons. The molecule has 0 aromatic carbocycles. The van der Waals surface area contributed by atoms with Crippen LogP contribution in [0.15, 0.2) is 0 Å². The van der Waals surface area contributed by atoms with E-state index in [0.29, 0.717) is 18.2 Å². The fourth-order valence-electron chi connectivity index (χ4n) is 2.71. The summed E-state index contributed by atoms with van der Waals surface area (Å²) in [7, 11) is 0. The van der Waals surface area contributed by atoms with E-state index >= 15 is 0 Å². The van der Waals surface area contributed by atoms with Gasteiger partial charge in [0.2, 0.25) is 0 Å². The van der Waals surface area contributed by atoms with Crippen LogP contribution in [0.4, 0.5) is 0 Å². The van der Waals surface area contributed by atoms with E-state index < -0.39 is 0 Å². The van der Waals surface area contributed by atoms with Gasteiger partial charge in [0.15, 0.2) is 0 Å². The molecular formula is C10H20N2O. The first-order valence-corrected chi connectivity index (χ1v) is 5.23. The molecule has 1 N–H and O–H groups in total. The van der Waals surface area contributed by atoms with Crippen molar-refractivity contribution in [2.24, 2.45) is 0 Å². The molecule has 0 aromatic rings. The topological polar surface area (TPSA) is 26.7 Å². The van der Waals surface area contributed by atoms with Crippen molar-refractivity contribution in [3.05, 3.63) is 0 Å². The standard InChI is InChI=1S/C10H20N2O/c1-10(2)8-11(5-6-13)9-3-4-12(10)7-9/h9,13H,3-8H2,1-2H3. The third-order valence-corrected chi connectivity index (χ3v) is 3.51. The second-order valence-corrected chi connectivity index (χ2v) is 4.90. The number of rotatable bonds is 2. The molecule has 13 heavy (non-hydrogen) atoms. The fourth-order valence-corrected chi connectivity index (χ4v) is 2.71. The molecule has 3 heteroatoms. The van der Waals surface area contributed by atoms with Gasteiger partial charge in [-0.2, -0.15) is 0 Å². The minimum absolute atomic E-state index is 0.298. The average Bonchev–Trinajstić information content (AvgIpc) is 2.47. The number of aliphatic hydroxyl groups excluding tert-OH is 1. The van der Waals surface area contributed by atoms with Crippen LogP contribution in [0.1, 0.15) is 20.3 Å². The molecule has 0 aromatic heterocycles. The van der Waals surface area contributed by atoms with Crippen LogP contribution >= 0.6 is 0 Å². The minimum Gasteiger partial charge on any atom is -0.395 e. The molecule has 2 fully saturated rings. The van der Waals surface area contributed by atoms with Gasteiger partial charge in [-0.05, 0) is 20.3 Å². The molecule has 2 atom stereocenters. The second kappa shape index (κ2) is 3.23. The number of piperazine rings is 1. The maximum atomic E-state index is 8.96. The van der Waals surface area contributed by atoms with Crippen LogP contribution in [0.3, 0.4) is 0 Å². The van der Waals surface area contributed by atoms with Gasteiger partial charge in [0, 0.05) is 37.8 Å². The number of aliphatic hydroxyl groups is 1. The molecule has 0 radical (unpaired) electrons. The van der Waals surface area contributed by atoms with E-state index in [1.54, 1.807) is 0 Å². The van der Waals surface area contributed by atoms with Crippen LogP contribution in [0.25, 0.3) is 0 Å². The van der Waals surface area contributed by atoms with E-state index in [2.05, 4.69) is 23.6 Å². The summed E-state index contributed by atoms with van der Waals surface area (Å²) >= 11 is 0. The lowest BCUT2D eigenvalue weighted by atomic mass is 9.99. The zero-order chi connectivity index (χ0) is 9.47. The highest BCUT2D eigenvalue weighted by atomic mass is 16.3. The van der Waals surface area contributed by atoms with E-state index in [1.807, 2.05) is 0 Å². The fraction of sp³-hybridized carbons (Fsp3) is 1.00. The Morgan fingerprint density at radius 2 is 2.23 bits per heavy atom. The Balaban J connectivity index is 2.07. The summed E-state index contributed by atoms with van der Waals surface area (Å²) in [4.78, 5) is 5.02. The molecule has 2 rings (SSSR count). The highest BCUT2D eigenvalue weighted by molar-refractivity contribution is 4.99. The second-order valence-electron chi connectivity index (χ2n) is 4.90. The van der Waals surface area contributed by atoms with Crippen molar-refractivity contribution in [2.75, 3.05) is 32.8 Å². The van der Waals surface area contributed by atoms with Crippen LogP contribution in [0.2, 0.25) is 0 Å². The first kappa shape index (κ1) is 9.44. The van der Waals surface area contributed by atoms with Gasteiger partial charge >= 0.3 is 0 Å². The Morgan fingerprint density at radius 1 is 1.46 bits per heavy atom. The summed E-state index contributed by atoms with van der Waals surface area (Å²) in [6.07, 6.45) is 1.28. The monoisotopic (exact) mass is 184 g/mol. The largest absolute Gasteiger partial charge is 0.395 e. The minimum atomic E-state index is 0.298. The predicted molar refractivity (Wildman–Crippen MR) is 52.7 cm³/mol. The SMILES string of the molecule is CC1(C)CN(CCO)C2CCN1C2. The lowest BCUT2D eigenvalue weighted by molar-refractivity contribution is 0.0254. The number of nitrogens with zero attached hydrogens (tertiary/aromatic N) is 2. The molecule has 0 saturated carbocycles. The van der Waals surface area contributed by atoms with Crippen molar-refractivity contribution in [3.63, 3.8) is 0 Å². The summed E-state index contributed by atoms with van der Waals surface area (Å²) in [5.41, 5.74) is 0.308. The van der Waals surface area contributed by atoms with Crippen LogP contribution in [-0.4, -0.2) is 59.3 Å².